The average Bonchev–Trinajstić information content (AvgIpc) is 2.95. The third-order valence-corrected chi connectivity index (χ3v) is 5.13. The second-order valence-corrected chi connectivity index (χ2v) is 7.32. The molecule has 2 heterocycles. The van der Waals surface area contributed by atoms with Crippen molar-refractivity contribution in [1.82, 2.24) is 0 Å². The number of anilines is 1. The van der Waals surface area contributed by atoms with Crippen LogP contribution in [0.4, 0.5) is 18.9 Å². The Morgan fingerprint density at radius 3 is 2.40 bits per heavy atom. The summed E-state index contributed by atoms with van der Waals surface area (Å²) in [6.07, 6.45) is -4.37. The van der Waals surface area contributed by atoms with Crippen molar-refractivity contribution in [2.24, 2.45) is 5.92 Å². The monoisotopic (exact) mass is 415 g/mol. The zero-order chi connectivity index (χ0) is 21.6. The predicted octanol–water partition coefficient (Wildman–Crippen LogP) is 4.24. The van der Waals surface area contributed by atoms with Crippen LogP contribution in [0.5, 0.6) is 0 Å². The molecule has 1 unspecified atom stereocenters. The highest BCUT2D eigenvalue weighted by molar-refractivity contribution is 6.21. The van der Waals surface area contributed by atoms with Crippen LogP contribution in [0.15, 0.2) is 57.7 Å². The van der Waals surface area contributed by atoms with Crippen LogP contribution in [-0.2, 0) is 22.2 Å². The van der Waals surface area contributed by atoms with Gasteiger partial charge in [0.1, 0.15) is 5.58 Å². The fourth-order valence-electron chi connectivity index (χ4n) is 3.66. The Morgan fingerprint density at radius 2 is 1.73 bits per heavy atom. The molecule has 4 rings (SSSR count). The van der Waals surface area contributed by atoms with Gasteiger partial charge in [-0.3, -0.25) is 14.5 Å². The summed E-state index contributed by atoms with van der Waals surface area (Å²) in [5, 5.41) is -0.318. The van der Waals surface area contributed by atoms with Gasteiger partial charge in [0, 0.05) is 23.9 Å². The molecule has 1 aliphatic heterocycles. The number of benzene rings is 2. The Kier molecular flexibility index (Phi) is 4.72. The highest BCUT2D eigenvalue weighted by atomic mass is 19.4. The highest BCUT2D eigenvalue weighted by Gasteiger charge is 2.40. The lowest BCUT2D eigenvalue weighted by molar-refractivity contribution is -0.136. The van der Waals surface area contributed by atoms with E-state index < -0.39 is 35.1 Å². The van der Waals surface area contributed by atoms with Crippen LogP contribution in [0.1, 0.15) is 23.1 Å². The fourth-order valence-corrected chi connectivity index (χ4v) is 3.66. The molecule has 5 nitrogen and oxygen atoms in total. The molecule has 154 valence electrons. The summed E-state index contributed by atoms with van der Waals surface area (Å²) in [5.41, 5.74) is -0.570. The highest BCUT2D eigenvalue weighted by Crippen LogP contribution is 2.36. The minimum absolute atomic E-state index is 0.00269. The molecular formula is C22H16F3NO4. The smallest absolute Gasteiger partial charge is 0.417 e. The molecular weight excluding hydrogens is 399 g/mol. The molecule has 30 heavy (non-hydrogen) atoms. The molecule has 0 spiro atoms. The van der Waals surface area contributed by atoms with Crippen LogP contribution in [0.3, 0.4) is 0 Å². The maximum atomic E-state index is 13.2. The number of hydrogen-bond acceptors (Lipinski definition) is 4. The van der Waals surface area contributed by atoms with Crippen LogP contribution in [0.25, 0.3) is 11.0 Å². The van der Waals surface area contributed by atoms with Crippen molar-refractivity contribution >= 4 is 28.5 Å². The molecule has 1 aromatic heterocycles. The molecule has 1 saturated heterocycles. The normalized spacial score (nSPS) is 17.2. The van der Waals surface area contributed by atoms with Crippen molar-refractivity contribution in [2.75, 3.05) is 4.90 Å². The van der Waals surface area contributed by atoms with Crippen LogP contribution in [0.2, 0.25) is 0 Å². The fraction of sp³-hybridized carbons (Fsp3) is 0.227. The number of rotatable bonds is 3. The molecule has 8 heteroatoms. The van der Waals surface area contributed by atoms with E-state index in [9.17, 15) is 27.6 Å². The molecule has 2 aromatic carbocycles. The van der Waals surface area contributed by atoms with Crippen molar-refractivity contribution in [1.29, 1.82) is 0 Å². The number of hydrogen-bond donors (Lipinski definition) is 0. The summed E-state index contributed by atoms with van der Waals surface area (Å²) in [5.74, 6) is -1.45. The van der Waals surface area contributed by atoms with Crippen LogP contribution in [0, 0.1) is 12.8 Å². The van der Waals surface area contributed by atoms with Gasteiger partial charge in [-0.1, -0.05) is 29.8 Å². The largest absolute Gasteiger partial charge is 0.423 e. The van der Waals surface area contributed by atoms with Crippen LogP contribution >= 0.6 is 0 Å². The number of carbonyl (C=O) groups excluding carboxylic acids is 2. The van der Waals surface area contributed by atoms with E-state index in [4.69, 9.17) is 4.42 Å². The Balaban J connectivity index is 1.68. The number of carbonyl (C=O) groups is 2. The Labute approximate surface area is 168 Å². The first-order valence-corrected chi connectivity index (χ1v) is 9.21. The zero-order valence-corrected chi connectivity index (χ0v) is 15.8. The predicted molar refractivity (Wildman–Crippen MR) is 103 cm³/mol. The Morgan fingerprint density at radius 1 is 1.03 bits per heavy atom. The maximum Gasteiger partial charge on any atom is 0.417 e. The van der Waals surface area contributed by atoms with Crippen molar-refractivity contribution in [3.63, 3.8) is 0 Å². The van der Waals surface area contributed by atoms with Crippen molar-refractivity contribution < 1.29 is 27.2 Å². The summed E-state index contributed by atoms with van der Waals surface area (Å²) in [7, 11) is 0. The summed E-state index contributed by atoms with van der Waals surface area (Å²) < 4.78 is 44.5. The zero-order valence-electron chi connectivity index (χ0n) is 15.8. The minimum atomic E-state index is -4.74. The quantitative estimate of drug-likeness (QED) is 0.474. The summed E-state index contributed by atoms with van der Waals surface area (Å²) in [6.45, 7) is 1.94. The van der Waals surface area contributed by atoms with Gasteiger partial charge < -0.3 is 4.42 Å². The Bertz CT molecular complexity index is 1210. The van der Waals surface area contributed by atoms with E-state index in [-0.39, 0.29) is 23.1 Å². The lowest BCUT2D eigenvalue weighted by Crippen LogP contribution is -2.30. The van der Waals surface area contributed by atoms with E-state index >= 15 is 0 Å². The third kappa shape index (κ3) is 3.60. The lowest BCUT2D eigenvalue weighted by Gasteiger charge is -2.16. The van der Waals surface area contributed by atoms with E-state index in [0.29, 0.717) is 12.5 Å². The maximum absolute atomic E-state index is 13.2. The Hall–Kier alpha value is -3.42. The number of nitrogens with zero attached hydrogens (tertiary/aromatic N) is 1. The molecule has 0 bridgehead atoms. The molecule has 1 atom stereocenters. The molecule has 0 saturated carbocycles. The first kappa shape index (κ1) is 19.9. The molecule has 0 aliphatic carbocycles. The van der Waals surface area contributed by atoms with Crippen LogP contribution in [-0.4, -0.2) is 11.8 Å². The van der Waals surface area contributed by atoms with Crippen LogP contribution < -0.4 is 10.5 Å². The van der Waals surface area contributed by atoms with Crippen molar-refractivity contribution in [3.05, 3.63) is 75.6 Å². The number of halogens is 3. The van der Waals surface area contributed by atoms with E-state index in [1.807, 2.05) is 31.2 Å². The molecule has 0 radical (unpaired) electrons. The van der Waals surface area contributed by atoms with E-state index in [1.54, 1.807) is 0 Å². The standard InChI is InChI=1S/C22H16F3NO4/c1-12-2-4-13(5-3-12)8-14-9-19(27)26(21(14)29)15-6-7-16-17(22(23,24)25)11-20(28)30-18(16)10-15/h2-7,10-11,14H,8-9H2,1H3. The first-order chi connectivity index (χ1) is 14.1. The topological polar surface area (TPSA) is 67.6 Å². The molecule has 0 N–H and O–H groups in total. The lowest BCUT2D eigenvalue weighted by atomic mass is 9.97. The van der Waals surface area contributed by atoms with Gasteiger partial charge in [-0.15, -0.1) is 0 Å². The van der Waals surface area contributed by atoms with Gasteiger partial charge in [0.25, 0.3) is 0 Å². The summed E-state index contributed by atoms with van der Waals surface area (Å²) in [4.78, 5) is 37.9. The minimum Gasteiger partial charge on any atom is -0.423 e. The molecule has 1 aliphatic rings. The number of amides is 2. The van der Waals surface area contributed by atoms with Gasteiger partial charge in [-0.25, -0.2) is 4.79 Å². The van der Waals surface area contributed by atoms with E-state index in [2.05, 4.69) is 0 Å². The van der Waals surface area contributed by atoms with Gasteiger partial charge in [0.2, 0.25) is 11.8 Å². The van der Waals surface area contributed by atoms with Gasteiger partial charge >= 0.3 is 11.8 Å². The van der Waals surface area contributed by atoms with Gasteiger partial charge in [0.15, 0.2) is 0 Å². The molecule has 2 amide bonds. The average molecular weight is 415 g/mol. The first-order valence-electron chi connectivity index (χ1n) is 9.21. The van der Waals surface area contributed by atoms with Gasteiger partial charge in [-0.2, -0.15) is 13.2 Å². The number of imide groups is 1. The SMILES string of the molecule is Cc1ccc(CC2CC(=O)N(c3ccc4c(C(F)(F)F)cc(=O)oc4c3)C2=O)cc1. The molecule has 3 aromatic rings. The number of fused-ring (bicyclic) bond motifs is 1. The second-order valence-electron chi connectivity index (χ2n) is 7.32. The van der Waals surface area contributed by atoms with E-state index in [1.165, 1.54) is 6.07 Å². The van der Waals surface area contributed by atoms with E-state index in [0.717, 1.165) is 28.2 Å². The van der Waals surface area contributed by atoms with Crippen molar-refractivity contribution in [2.45, 2.75) is 25.9 Å². The second kappa shape index (κ2) is 7.12. The van der Waals surface area contributed by atoms with Gasteiger partial charge in [0.05, 0.1) is 17.2 Å². The summed E-state index contributed by atoms with van der Waals surface area (Å²) >= 11 is 0. The number of alkyl halides is 3. The van der Waals surface area contributed by atoms with Crippen molar-refractivity contribution in [3.8, 4) is 0 Å². The number of aryl methyl sites for hydroxylation is 1. The third-order valence-electron chi connectivity index (χ3n) is 5.13. The summed E-state index contributed by atoms with van der Waals surface area (Å²) in [6, 6.07) is 11.5. The molecule has 1 fully saturated rings. The van der Waals surface area contributed by atoms with Gasteiger partial charge in [-0.05, 0) is 31.0 Å².